The van der Waals surface area contributed by atoms with Crippen LogP contribution in [0.3, 0.4) is 0 Å². The molecule has 1 heterocycles. The van der Waals surface area contributed by atoms with Gasteiger partial charge in [0.05, 0.1) is 0 Å². The summed E-state index contributed by atoms with van der Waals surface area (Å²) in [6, 6.07) is 2.02. The summed E-state index contributed by atoms with van der Waals surface area (Å²) in [7, 11) is 0. The molecule has 2 atom stereocenters. The van der Waals surface area contributed by atoms with Gasteiger partial charge in [0, 0.05) is 11.4 Å². The Balaban J connectivity index is 2.52. The van der Waals surface area contributed by atoms with E-state index in [0.29, 0.717) is 17.3 Å². The minimum Gasteiger partial charge on any atom is -0.479 e. The van der Waals surface area contributed by atoms with Crippen molar-refractivity contribution in [1.29, 1.82) is 0 Å². The fraction of sp³-hybridized carbons (Fsp3) is 0.500. The van der Waals surface area contributed by atoms with Crippen LogP contribution in [0.25, 0.3) is 0 Å². The van der Waals surface area contributed by atoms with Gasteiger partial charge in [-0.1, -0.05) is 26.3 Å². The third-order valence-electron chi connectivity index (χ3n) is 2.66. The Hall–Kier alpha value is -1.56. The molecule has 0 aromatic carbocycles. The van der Waals surface area contributed by atoms with Crippen LogP contribution in [0, 0.1) is 5.92 Å². The van der Waals surface area contributed by atoms with Crippen LogP contribution in [0.1, 0.15) is 31.2 Å². The highest BCUT2D eigenvalue weighted by Gasteiger charge is 2.22. The van der Waals surface area contributed by atoms with E-state index >= 15 is 0 Å². The predicted octanol–water partition coefficient (Wildman–Crippen LogP) is 2.22. The average Bonchev–Trinajstić information content (AvgIpc) is 2.86. The Bertz CT molecular complexity index is 392. The zero-order valence-corrected chi connectivity index (χ0v) is 11.3. The highest BCUT2D eigenvalue weighted by atomic mass is 32.1. The van der Waals surface area contributed by atoms with Crippen molar-refractivity contribution in [3.63, 3.8) is 0 Å². The Kier molecular flexibility index (Phi) is 5.64. The molecule has 0 spiro atoms. The van der Waals surface area contributed by atoms with E-state index in [4.69, 9.17) is 5.11 Å². The van der Waals surface area contributed by atoms with E-state index in [1.165, 1.54) is 11.3 Å². The van der Waals surface area contributed by atoms with Crippen molar-refractivity contribution in [3.8, 4) is 0 Å². The maximum Gasteiger partial charge on any atom is 0.331 e. The van der Waals surface area contributed by atoms with Gasteiger partial charge in [0.15, 0.2) is 6.04 Å². The van der Waals surface area contributed by atoms with Crippen LogP contribution in [0.5, 0.6) is 0 Å². The number of carboxylic acids is 1. The molecule has 2 unspecified atom stereocenters. The summed E-state index contributed by atoms with van der Waals surface area (Å²) >= 11 is 1.31. The van der Waals surface area contributed by atoms with Gasteiger partial charge < -0.3 is 15.7 Å². The van der Waals surface area contributed by atoms with Gasteiger partial charge in [-0.05, 0) is 17.4 Å². The van der Waals surface area contributed by atoms with Gasteiger partial charge in [-0.3, -0.25) is 0 Å². The van der Waals surface area contributed by atoms with Crippen molar-refractivity contribution in [2.24, 2.45) is 5.92 Å². The summed E-state index contributed by atoms with van der Waals surface area (Å²) < 4.78 is 0. The SMILES string of the molecule is CCC(C)CNC(=O)NC(C(=O)O)c1cccs1. The number of rotatable bonds is 6. The second-order valence-electron chi connectivity index (χ2n) is 4.15. The van der Waals surface area contributed by atoms with Crippen molar-refractivity contribution in [3.05, 3.63) is 22.4 Å². The van der Waals surface area contributed by atoms with Crippen molar-refractivity contribution < 1.29 is 14.7 Å². The molecule has 0 fully saturated rings. The van der Waals surface area contributed by atoms with Gasteiger partial charge in [0.1, 0.15) is 0 Å². The lowest BCUT2D eigenvalue weighted by molar-refractivity contribution is -0.139. The topological polar surface area (TPSA) is 78.4 Å². The van der Waals surface area contributed by atoms with Gasteiger partial charge in [-0.2, -0.15) is 0 Å². The smallest absolute Gasteiger partial charge is 0.331 e. The molecule has 1 rings (SSSR count). The Morgan fingerprint density at radius 3 is 2.72 bits per heavy atom. The molecule has 18 heavy (non-hydrogen) atoms. The molecule has 100 valence electrons. The van der Waals surface area contributed by atoms with Crippen LogP contribution < -0.4 is 10.6 Å². The molecule has 0 saturated heterocycles. The lowest BCUT2D eigenvalue weighted by atomic mass is 10.1. The van der Waals surface area contributed by atoms with Crippen molar-refractivity contribution >= 4 is 23.3 Å². The molecule has 0 saturated carbocycles. The molecule has 6 heteroatoms. The minimum absolute atomic E-state index is 0.376. The second kappa shape index (κ2) is 7.00. The molecule has 1 aromatic rings. The maximum atomic E-state index is 11.6. The summed E-state index contributed by atoms with van der Waals surface area (Å²) in [4.78, 5) is 23.3. The van der Waals surface area contributed by atoms with Crippen LogP contribution in [0.2, 0.25) is 0 Å². The first kappa shape index (κ1) is 14.5. The Morgan fingerprint density at radius 2 is 2.22 bits per heavy atom. The molecule has 0 aliphatic heterocycles. The first-order valence-electron chi connectivity index (χ1n) is 5.85. The van der Waals surface area contributed by atoms with E-state index in [-0.39, 0.29) is 0 Å². The standard InChI is InChI=1S/C12H18N2O3S/c1-3-8(2)7-13-12(17)14-10(11(15)16)9-5-4-6-18-9/h4-6,8,10H,3,7H2,1-2H3,(H,15,16)(H2,13,14,17). The lowest BCUT2D eigenvalue weighted by Gasteiger charge is -2.15. The average molecular weight is 270 g/mol. The van der Waals surface area contributed by atoms with Crippen LogP contribution in [0.15, 0.2) is 17.5 Å². The zero-order valence-electron chi connectivity index (χ0n) is 10.5. The molecule has 0 aliphatic carbocycles. The van der Waals surface area contributed by atoms with E-state index in [2.05, 4.69) is 10.6 Å². The lowest BCUT2D eigenvalue weighted by Crippen LogP contribution is -2.42. The fourth-order valence-corrected chi connectivity index (χ4v) is 2.07. The van der Waals surface area contributed by atoms with Crippen LogP contribution in [-0.4, -0.2) is 23.7 Å². The predicted molar refractivity (Wildman–Crippen MR) is 70.7 cm³/mol. The Morgan fingerprint density at radius 1 is 1.50 bits per heavy atom. The normalized spacial score (nSPS) is 13.7. The van der Waals surface area contributed by atoms with Gasteiger partial charge in [-0.25, -0.2) is 9.59 Å². The number of hydrogen-bond acceptors (Lipinski definition) is 3. The summed E-state index contributed by atoms with van der Waals surface area (Å²) in [5.41, 5.74) is 0. The summed E-state index contributed by atoms with van der Waals surface area (Å²) in [5, 5.41) is 16.0. The number of urea groups is 1. The second-order valence-corrected chi connectivity index (χ2v) is 5.13. The van der Waals surface area contributed by atoms with Crippen molar-refractivity contribution in [2.45, 2.75) is 26.3 Å². The van der Waals surface area contributed by atoms with E-state index in [1.807, 2.05) is 13.8 Å². The summed E-state index contributed by atoms with van der Waals surface area (Å²) in [6.45, 7) is 4.60. The molecule has 3 N–H and O–H groups in total. The van der Waals surface area contributed by atoms with E-state index in [0.717, 1.165) is 6.42 Å². The minimum atomic E-state index is -1.06. The van der Waals surface area contributed by atoms with Crippen molar-refractivity contribution in [1.82, 2.24) is 10.6 Å². The number of carboxylic acid groups (broad SMARTS) is 1. The van der Waals surface area contributed by atoms with E-state index in [9.17, 15) is 9.59 Å². The maximum absolute atomic E-state index is 11.6. The van der Waals surface area contributed by atoms with Crippen LogP contribution in [0.4, 0.5) is 4.79 Å². The number of aliphatic carboxylic acids is 1. The molecular formula is C12H18N2O3S. The third-order valence-corrected chi connectivity index (χ3v) is 3.60. The zero-order chi connectivity index (χ0) is 13.5. The van der Waals surface area contributed by atoms with Gasteiger partial charge in [0.25, 0.3) is 0 Å². The highest BCUT2D eigenvalue weighted by molar-refractivity contribution is 7.10. The number of carbonyl (C=O) groups excluding carboxylic acids is 1. The first-order chi connectivity index (χ1) is 8.54. The third kappa shape index (κ3) is 4.37. The fourth-order valence-electron chi connectivity index (χ4n) is 1.30. The van der Waals surface area contributed by atoms with Crippen LogP contribution in [-0.2, 0) is 4.79 Å². The molecule has 0 bridgehead atoms. The number of thiophene rings is 1. The quantitative estimate of drug-likeness (QED) is 0.741. The molecule has 0 aliphatic rings. The molecule has 5 nitrogen and oxygen atoms in total. The Labute approximate surface area is 110 Å². The van der Waals surface area contributed by atoms with Crippen LogP contribution >= 0.6 is 11.3 Å². The van der Waals surface area contributed by atoms with Gasteiger partial charge in [0.2, 0.25) is 0 Å². The van der Waals surface area contributed by atoms with E-state index in [1.54, 1.807) is 17.5 Å². The first-order valence-corrected chi connectivity index (χ1v) is 6.73. The number of carbonyl (C=O) groups is 2. The molecular weight excluding hydrogens is 252 g/mol. The molecule has 1 aromatic heterocycles. The number of amides is 2. The number of hydrogen-bond donors (Lipinski definition) is 3. The molecule has 2 amide bonds. The summed E-state index contributed by atoms with van der Waals surface area (Å²) in [6.07, 6.45) is 0.966. The van der Waals surface area contributed by atoms with Crippen molar-refractivity contribution in [2.75, 3.05) is 6.54 Å². The monoisotopic (exact) mass is 270 g/mol. The summed E-state index contributed by atoms with van der Waals surface area (Å²) in [5.74, 6) is -0.683. The molecule has 0 radical (unpaired) electrons. The highest BCUT2D eigenvalue weighted by Crippen LogP contribution is 2.18. The number of nitrogens with one attached hydrogen (secondary N) is 2. The van der Waals surface area contributed by atoms with Gasteiger partial charge >= 0.3 is 12.0 Å². The van der Waals surface area contributed by atoms with E-state index < -0.39 is 18.0 Å². The van der Waals surface area contributed by atoms with Gasteiger partial charge in [-0.15, -0.1) is 11.3 Å². The largest absolute Gasteiger partial charge is 0.479 e.